The van der Waals surface area contributed by atoms with E-state index in [9.17, 15) is 10.2 Å². The first-order chi connectivity index (χ1) is 25.4. The van der Waals surface area contributed by atoms with Crippen LogP contribution >= 0.6 is 0 Å². The molecule has 1 unspecified atom stereocenters. The number of aliphatic hydroxyl groups is 1. The summed E-state index contributed by atoms with van der Waals surface area (Å²) in [5.74, 6) is -1.31. The van der Waals surface area contributed by atoms with Crippen molar-refractivity contribution in [3.63, 3.8) is 0 Å². The van der Waals surface area contributed by atoms with Crippen molar-refractivity contribution in [2.75, 3.05) is 51.5 Å². The van der Waals surface area contributed by atoms with Crippen molar-refractivity contribution in [2.24, 2.45) is 5.41 Å². The number of ether oxygens (including phenoxy) is 4. The molecule has 1 saturated carbocycles. The number of anilines is 1. The number of fused-ring (bicyclic) bond motifs is 3. The first kappa shape index (κ1) is 36.1. The molecule has 2 aromatic heterocycles. The minimum absolute atomic E-state index is 0.00665. The highest BCUT2D eigenvalue weighted by Crippen LogP contribution is 2.50. The van der Waals surface area contributed by atoms with Gasteiger partial charge in [0.1, 0.15) is 39.6 Å². The maximum absolute atomic E-state index is 17.2. The van der Waals surface area contributed by atoms with Crippen molar-refractivity contribution < 1.29 is 37.9 Å². The molecule has 11 nitrogen and oxygen atoms in total. The fraction of sp³-hybridized carbons (Fsp3) is 0.575. The van der Waals surface area contributed by atoms with E-state index in [0.29, 0.717) is 37.2 Å². The molecular weight excluding hydrogens is 684 g/mol. The number of phenols is 1. The summed E-state index contributed by atoms with van der Waals surface area (Å²) in [5.41, 5.74) is -1.65. The van der Waals surface area contributed by atoms with Gasteiger partial charge in [-0.1, -0.05) is 18.6 Å². The number of hydrogen-bond donors (Lipinski definition) is 2. The third-order valence-corrected chi connectivity index (χ3v) is 11.8. The molecule has 3 aliphatic heterocycles. The lowest BCUT2D eigenvalue weighted by Crippen LogP contribution is -2.57. The molecule has 13 heteroatoms. The normalized spacial score (nSPS) is 29.7. The van der Waals surface area contributed by atoms with Gasteiger partial charge in [0.15, 0.2) is 5.82 Å². The molecule has 284 valence electrons. The molecule has 53 heavy (non-hydrogen) atoms. The molecule has 4 aromatic rings. The number of benzene rings is 2. The lowest BCUT2D eigenvalue weighted by molar-refractivity contribution is -0.0967. The fourth-order valence-corrected chi connectivity index (χ4v) is 9.69. The van der Waals surface area contributed by atoms with Gasteiger partial charge in [-0.25, -0.2) is 13.8 Å². The zero-order valence-electron chi connectivity index (χ0n) is 30.9. The summed E-state index contributed by atoms with van der Waals surface area (Å²) in [6.07, 6.45) is 7.72. The Kier molecular flexibility index (Phi) is 9.57. The van der Waals surface area contributed by atoms with Crippen LogP contribution in [0.3, 0.4) is 0 Å². The Morgan fingerprint density at radius 2 is 1.81 bits per heavy atom. The van der Waals surface area contributed by atoms with Crippen LogP contribution in [0.4, 0.5) is 14.6 Å². The van der Waals surface area contributed by atoms with Crippen LogP contribution < -0.4 is 14.4 Å². The third-order valence-electron chi connectivity index (χ3n) is 11.8. The molecule has 3 saturated heterocycles. The van der Waals surface area contributed by atoms with E-state index in [4.69, 9.17) is 28.9 Å². The van der Waals surface area contributed by atoms with E-state index in [-0.39, 0.29) is 81.8 Å². The Labute approximate surface area is 308 Å². The highest BCUT2D eigenvalue weighted by molar-refractivity contribution is 6.02. The Balaban J connectivity index is 1.23. The first-order valence-electron chi connectivity index (χ1n) is 18.9. The number of likely N-dealkylation sites (tertiary alicyclic amines) is 1. The van der Waals surface area contributed by atoms with E-state index in [1.807, 2.05) is 4.90 Å². The van der Waals surface area contributed by atoms with Crippen molar-refractivity contribution in [3.05, 3.63) is 42.0 Å². The number of rotatable bonds is 7. The minimum atomic E-state index is -1.23. The van der Waals surface area contributed by atoms with Crippen LogP contribution in [-0.4, -0.2) is 107 Å². The van der Waals surface area contributed by atoms with Gasteiger partial charge in [0.05, 0.1) is 45.7 Å². The smallest absolute Gasteiger partial charge is 0.319 e. The summed E-state index contributed by atoms with van der Waals surface area (Å²) in [6.45, 7) is 8.32. The lowest BCUT2D eigenvalue weighted by Gasteiger charge is -2.51. The van der Waals surface area contributed by atoms with E-state index in [0.717, 1.165) is 51.5 Å². The molecule has 0 spiro atoms. The zero-order valence-corrected chi connectivity index (χ0v) is 30.9. The second-order valence-corrected chi connectivity index (χ2v) is 15.9. The molecule has 5 heterocycles. The second kappa shape index (κ2) is 14.1. The van der Waals surface area contributed by atoms with Crippen LogP contribution in [-0.2, 0) is 9.47 Å². The van der Waals surface area contributed by atoms with Gasteiger partial charge in [-0.2, -0.15) is 9.97 Å². The molecule has 8 rings (SSSR count). The van der Waals surface area contributed by atoms with Crippen LogP contribution in [0.25, 0.3) is 32.9 Å². The number of phenolic OH excluding ortho intramolecular Hbond substituents is 1. The number of β-amino-alcohol motifs (C(OH)–C–C–N with tert-alkyl or cyclic N) is 1. The predicted octanol–water partition coefficient (Wildman–Crippen LogP) is 6.39. The van der Waals surface area contributed by atoms with Gasteiger partial charge >= 0.3 is 6.01 Å². The van der Waals surface area contributed by atoms with Gasteiger partial charge in [-0.05, 0) is 89.4 Å². The first-order valence-corrected chi connectivity index (χ1v) is 18.9. The average molecular weight is 734 g/mol. The number of hydrogen-bond acceptors (Lipinski definition) is 11. The van der Waals surface area contributed by atoms with Gasteiger partial charge in [0, 0.05) is 35.0 Å². The topological polar surface area (TPSA) is 123 Å². The summed E-state index contributed by atoms with van der Waals surface area (Å²) in [6, 6.07) is 7.95. The largest absolute Gasteiger partial charge is 0.508 e. The fourth-order valence-electron chi connectivity index (χ4n) is 9.69. The number of nitrogens with zero attached hydrogens (tertiary/aromatic N) is 5. The summed E-state index contributed by atoms with van der Waals surface area (Å²) in [4.78, 5) is 18.7. The van der Waals surface area contributed by atoms with E-state index >= 15 is 8.78 Å². The van der Waals surface area contributed by atoms with Crippen LogP contribution in [0.2, 0.25) is 0 Å². The highest BCUT2D eigenvalue weighted by atomic mass is 19.1. The number of piperidine rings is 1. The van der Waals surface area contributed by atoms with Crippen molar-refractivity contribution in [3.8, 4) is 28.9 Å². The number of aromatic hydroxyl groups is 1. The molecule has 4 aliphatic rings. The molecule has 2 aromatic carbocycles. The monoisotopic (exact) mass is 733 g/mol. The van der Waals surface area contributed by atoms with Gasteiger partial charge in [0.2, 0.25) is 5.88 Å². The summed E-state index contributed by atoms with van der Waals surface area (Å²) >= 11 is 0. The zero-order chi connectivity index (χ0) is 37.1. The molecule has 4 fully saturated rings. The molecule has 1 aliphatic carbocycles. The van der Waals surface area contributed by atoms with Gasteiger partial charge < -0.3 is 34.1 Å². The predicted molar refractivity (Wildman–Crippen MR) is 197 cm³/mol. The minimum Gasteiger partial charge on any atom is -0.508 e. The maximum atomic E-state index is 17.2. The van der Waals surface area contributed by atoms with E-state index in [1.165, 1.54) is 31.4 Å². The third kappa shape index (κ3) is 6.74. The Hall–Kier alpha value is -3.91. The second-order valence-electron chi connectivity index (χ2n) is 15.9. The number of halogens is 2. The highest BCUT2D eigenvalue weighted by Gasteiger charge is 2.51. The SMILES string of the molecule is COc1nc(-c2cc(O)cc3cccc(F)c23)c(F)c2nc(OC[C@]34CCC[C@H]3N(C3C[C@@H](C)O[C@@H](C)C3)CCC4)nc(N3CCOC[C@@](C)(O)C3)c12. The molecule has 6 atom stereocenters. The number of methoxy groups -OCH3 is 1. The molecule has 0 amide bonds. The molecular formula is C40H49F2N5O6. The molecule has 0 radical (unpaired) electrons. The van der Waals surface area contributed by atoms with Crippen molar-refractivity contribution in [2.45, 2.75) is 95.6 Å². The van der Waals surface area contributed by atoms with Crippen LogP contribution in [0.5, 0.6) is 17.6 Å². The quantitative estimate of drug-likeness (QED) is 0.220. The lowest BCUT2D eigenvalue weighted by atomic mass is 9.74. The molecule has 0 bridgehead atoms. The molecule has 2 N–H and O–H groups in total. The van der Waals surface area contributed by atoms with E-state index < -0.39 is 17.2 Å². The Morgan fingerprint density at radius 1 is 1.02 bits per heavy atom. The van der Waals surface area contributed by atoms with Crippen LogP contribution in [0.1, 0.15) is 65.7 Å². The van der Waals surface area contributed by atoms with Gasteiger partial charge in [-0.3, -0.25) is 4.90 Å². The Bertz CT molecular complexity index is 2010. The summed E-state index contributed by atoms with van der Waals surface area (Å²) < 4.78 is 56.7. The standard InChI is InChI=1S/C40H49F2N5O6/c1-23-16-26(17-24(2)53-23)47-13-7-12-40(11-6-10-30(40)47)22-52-38-44-35-32(36(45-38)46-14-15-51-21-39(3,49)20-46)37(50-4)43-34(33(35)42)28-19-27(48)18-25-8-5-9-29(41)31(25)28/h5,8-9,18-19,23-24,26,30,48-49H,6-7,10-17,20-22H2,1-4H3/t23-,24+,26?,30-,39+,40-/m1/s1. The summed E-state index contributed by atoms with van der Waals surface area (Å²) in [7, 11) is 1.41. The van der Waals surface area contributed by atoms with Crippen LogP contribution in [0, 0.1) is 17.0 Å². The summed E-state index contributed by atoms with van der Waals surface area (Å²) in [5, 5.41) is 22.5. The van der Waals surface area contributed by atoms with Crippen molar-refractivity contribution in [1.82, 2.24) is 19.9 Å². The van der Waals surface area contributed by atoms with Gasteiger partial charge in [0.25, 0.3) is 0 Å². The average Bonchev–Trinajstić information content (AvgIpc) is 3.47. The van der Waals surface area contributed by atoms with E-state index in [2.05, 4.69) is 23.7 Å². The van der Waals surface area contributed by atoms with Crippen molar-refractivity contribution in [1.29, 1.82) is 0 Å². The maximum Gasteiger partial charge on any atom is 0.319 e. The van der Waals surface area contributed by atoms with Gasteiger partial charge in [-0.15, -0.1) is 0 Å². The van der Waals surface area contributed by atoms with Crippen molar-refractivity contribution >= 4 is 27.5 Å². The van der Waals surface area contributed by atoms with Crippen LogP contribution in [0.15, 0.2) is 30.3 Å². The number of pyridine rings is 1. The Morgan fingerprint density at radius 3 is 2.60 bits per heavy atom. The number of aromatic nitrogens is 3. The van der Waals surface area contributed by atoms with E-state index in [1.54, 1.807) is 13.0 Å².